The highest BCUT2D eigenvalue weighted by molar-refractivity contribution is 5.78. The zero-order valence-electron chi connectivity index (χ0n) is 12.5. The van der Waals surface area contributed by atoms with Crippen molar-refractivity contribution in [3.63, 3.8) is 0 Å². The number of nitrogens with one attached hydrogen (secondary N) is 1. The van der Waals surface area contributed by atoms with Crippen LogP contribution in [0.2, 0.25) is 0 Å². The fraction of sp³-hybridized carbons (Fsp3) is 0.562. The van der Waals surface area contributed by atoms with Gasteiger partial charge in [-0.05, 0) is 32.0 Å². The van der Waals surface area contributed by atoms with E-state index in [0.717, 1.165) is 12.8 Å². The zero-order valence-corrected chi connectivity index (χ0v) is 12.5. The third kappa shape index (κ3) is 5.34. The number of hydrogen-bond acceptors (Lipinski definition) is 3. The maximum atomic E-state index is 13.3. The second-order valence-electron chi connectivity index (χ2n) is 5.57. The average molecular weight is 294 g/mol. The van der Waals surface area contributed by atoms with Gasteiger partial charge in [-0.1, -0.05) is 25.0 Å². The van der Waals surface area contributed by atoms with Gasteiger partial charge in [-0.15, -0.1) is 0 Å². The fourth-order valence-corrected chi connectivity index (χ4v) is 2.54. The van der Waals surface area contributed by atoms with E-state index < -0.39 is 0 Å². The molecule has 0 aliphatic heterocycles. The number of nitrogens with zero attached hydrogens (tertiary/aromatic N) is 1. The van der Waals surface area contributed by atoms with Crippen molar-refractivity contribution in [2.24, 2.45) is 0 Å². The number of halogens is 1. The zero-order chi connectivity index (χ0) is 15.1. The highest BCUT2D eigenvalue weighted by Gasteiger charge is 2.17. The fourth-order valence-electron chi connectivity index (χ4n) is 2.54. The van der Waals surface area contributed by atoms with E-state index in [1.165, 1.54) is 18.9 Å². The summed E-state index contributed by atoms with van der Waals surface area (Å²) < 4.78 is 18.7. The van der Waals surface area contributed by atoms with Crippen LogP contribution in [0.4, 0.5) is 4.39 Å². The molecular formula is C16H23FN2O2. The van der Waals surface area contributed by atoms with Crippen molar-refractivity contribution in [3.8, 4) is 5.75 Å². The molecule has 1 aliphatic rings. The van der Waals surface area contributed by atoms with Crippen molar-refractivity contribution in [1.82, 2.24) is 10.2 Å². The smallest absolute Gasteiger partial charge is 0.234 e. The van der Waals surface area contributed by atoms with Crippen LogP contribution in [0.15, 0.2) is 24.3 Å². The predicted octanol–water partition coefficient (Wildman–Crippen LogP) is 2.20. The number of carbonyl (C=O) groups is 1. The minimum absolute atomic E-state index is 0.0512. The lowest BCUT2D eigenvalue weighted by molar-refractivity contribution is -0.122. The molecule has 0 bridgehead atoms. The first-order chi connectivity index (χ1) is 10.1. The van der Waals surface area contributed by atoms with E-state index in [-0.39, 0.29) is 17.5 Å². The molecule has 2 rings (SSSR count). The Labute approximate surface area is 125 Å². The topological polar surface area (TPSA) is 41.6 Å². The minimum atomic E-state index is -0.362. The molecule has 0 radical (unpaired) electrons. The predicted molar refractivity (Wildman–Crippen MR) is 79.8 cm³/mol. The highest BCUT2D eigenvalue weighted by atomic mass is 19.1. The van der Waals surface area contributed by atoms with Gasteiger partial charge in [-0.25, -0.2) is 4.39 Å². The Bertz CT molecular complexity index is 461. The summed E-state index contributed by atoms with van der Waals surface area (Å²) in [5, 5.41) is 3.05. The normalized spacial score (nSPS) is 15.4. The summed E-state index contributed by atoms with van der Waals surface area (Å²) in [4.78, 5) is 13.7. The van der Waals surface area contributed by atoms with Crippen LogP contribution in [0.1, 0.15) is 25.7 Å². The molecule has 5 heteroatoms. The molecule has 0 spiro atoms. The number of likely N-dealkylation sites (N-methyl/N-ethyl adjacent to an activating group) is 1. The molecule has 1 fully saturated rings. The molecule has 0 heterocycles. The molecule has 116 valence electrons. The Balaban J connectivity index is 1.64. The molecular weight excluding hydrogens is 271 g/mol. The lowest BCUT2D eigenvalue weighted by Crippen LogP contribution is -2.40. The Morgan fingerprint density at radius 3 is 2.81 bits per heavy atom. The van der Waals surface area contributed by atoms with Gasteiger partial charge in [0.1, 0.15) is 6.61 Å². The monoisotopic (exact) mass is 294 g/mol. The van der Waals surface area contributed by atoms with Crippen LogP contribution in [0, 0.1) is 5.82 Å². The Kier molecular flexibility index (Phi) is 5.99. The average Bonchev–Trinajstić information content (AvgIpc) is 2.93. The van der Waals surface area contributed by atoms with Crippen molar-refractivity contribution in [2.45, 2.75) is 31.7 Å². The molecule has 0 saturated heterocycles. The third-order valence-electron chi connectivity index (χ3n) is 3.70. The van der Waals surface area contributed by atoms with Crippen molar-refractivity contribution in [3.05, 3.63) is 30.1 Å². The van der Waals surface area contributed by atoms with Crippen LogP contribution < -0.4 is 10.1 Å². The van der Waals surface area contributed by atoms with E-state index in [1.54, 1.807) is 18.2 Å². The van der Waals surface area contributed by atoms with Gasteiger partial charge in [0, 0.05) is 12.6 Å². The molecule has 1 N–H and O–H groups in total. The van der Waals surface area contributed by atoms with Crippen LogP contribution in [0.5, 0.6) is 5.75 Å². The second kappa shape index (κ2) is 7.98. The number of ether oxygens (including phenoxy) is 1. The summed E-state index contributed by atoms with van der Waals surface area (Å²) in [6.07, 6.45) is 4.59. The molecule has 1 aromatic carbocycles. The Hall–Kier alpha value is -1.62. The summed E-state index contributed by atoms with van der Waals surface area (Å²) in [6.45, 7) is 1.28. The first kappa shape index (κ1) is 15.8. The van der Waals surface area contributed by atoms with E-state index in [4.69, 9.17) is 4.74 Å². The first-order valence-electron chi connectivity index (χ1n) is 7.50. The standard InChI is InChI=1S/C16H23FN2O2/c1-19(12-16(20)18-13-6-2-3-7-13)10-11-21-15-9-5-4-8-14(15)17/h4-5,8-9,13H,2-3,6-7,10-12H2,1H3,(H,18,20). The van der Waals surface area contributed by atoms with Crippen molar-refractivity contribution >= 4 is 5.91 Å². The summed E-state index contributed by atoms with van der Waals surface area (Å²) in [7, 11) is 1.86. The van der Waals surface area contributed by atoms with Crippen molar-refractivity contribution < 1.29 is 13.9 Å². The first-order valence-corrected chi connectivity index (χ1v) is 7.50. The molecule has 0 atom stereocenters. The SMILES string of the molecule is CN(CCOc1ccccc1F)CC(=O)NC1CCCC1. The number of carbonyl (C=O) groups excluding carboxylic acids is 1. The lowest BCUT2D eigenvalue weighted by atomic mass is 10.2. The van der Waals surface area contributed by atoms with Gasteiger partial charge in [0.15, 0.2) is 11.6 Å². The third-order valence-corrected chi connectivity index (χ3v) is 3.70. The van der Waals surface area contributed by atoms with Crippen LogP contribution in [-0.4, -0.2) is 43.6 Å². The molecule has 1 amide bonds. The number of benzene rings is 1. The second-order valence-corrected chi connectivity index (χ2v) is 5.57. The quantitative estimate of drug-likeness (QED) is 0.838. The van der Waals surface area contributed by atoms with Crippen molar-refractivity contribution in [2.75, 3.05) is 26.7 Å². The van der Waals surface area contributed by atoms with E-state index in [2.05, 4.69) is 5.32 Å². The van der Waals surface area contributed by atoms with Crippen LogP contribution in [-0.2, 0) is 4.79 Å². The van der Waals surface area contributed by atoms with E-state index >= 15 is 0 Å². The molecule has 1 saturated carbocycles. The molecule has 4 nitrogen and oxygen atoms in total. The number of para-hydroxylation sites is 1. The van der Waals surface area contributed by atoms with Gasteiger partial charge in [-0.2, -0.15) is 0 Å². The Morgan fingerprint density at radius 1 is 1.38 bits per heavy atom. The molecule has 1 aliphatic carbocycles. The van der Waals surface area contributed by atoms with Gasteiger partial charge >= 0.3 is 0 Å². The number of amides is 1. The number of rotatable bonds is 7. The van der Waals surface area contributed by atoms with Gasteiger partial charge < -0.3 is 10.1 Å². The lowest BCUT2D eigenvalue weighted by Gasteiger charge is -2.18. The largest absolute Gasteiger partial charge is 0.489 e. The molecule has 0 aromatic heterocycles. The van der Waals surface area contributed by atoms with Gasteiger partial charge in [0.25, 0.3) is 0 Å². The Morgan fingerprint density at radius 2 is 2.10 bits per heavy atom. The number of hydrogen-bond donors (Lipinski definition) is 1. The van der Waals surface area contributed by atoms with Gasteiger partial charge in [0.2, 0.25) is 5.91 Å². The molecule has 21 heavy (non-hydrogen) atoms. The van der Waals surface area contributed by atoms with E-state index in [9.17, 15) is 9.18 Å². The van der Waals surface area contributed by atoms with E-state index in [0.29, 0.717) is 25.7 Å². The summed E-state index contributed by atoms with van der Waals surface area (Å²) >= 11 is 0. The highest BCUT2D eigenvalue weighted by Crippen LogP contribution is 2.17. The maximum Gasteiger partial charge on any atom is 0.234 e. The minimum Gasteiger partial charge on any atom is -0.489 e. The molecule has 0 unspecified atom stereocenters. The molecule has 1 aromatic rings. The summed E-state index contributed by atoms with van der Waals surface area (Å²) in [5.41, 5.74) is 0. The maximum absolute atomic E-state index is 13.3. The van der Waals surface area contributed by atoms with Crippen molar-refractivity contribution in [1.29, 1.82) is 0 Å². The van der Waals surface area contributed by atoms with E-state index in [1.807, 2.05) is 11.9 Å². The van der Waals surface area contributed by atoms with Gasteiger partial charge in [-0.3, -0.25) is 9.69 Å². The summed E-state index contributed by atoms with van der Waals surface area (Å²) in [6, 6.07) is 6.68. The van der Waals surface area contributed by atoms with Crippen LogP contribution in [0.3, 0.4) is 0 Å². The van der Waals surface area contributed by atoms with Crippen LogP contribution >= 0.6 is 0 Å². The van der Waals surface area contributed by atoms with Gasteiger partial charge in [0.05, 0.1) is 6.54 Å². The van der Waals surface area contributed by atoms with Crippen LogP contribution in [0.25, 0.3) is 0 Å². The summed E-state index contributed by atoms with van der Waals surface area (Å²) in [5.74, 6) is -0.0595.